The molecule has 2 rings (SSSR count). The molecule has 0 saturated carbocycles. The van der Waals surface area contributed by atoms with Crippen LogP contribution in [0.2, 0.25) is 0 Å². The fourth-order valence-corrected chi connectivity index (χ4v) is 2.71. The first kappa shape index (κ1) is 21.1. The number of ketones is 3. The predicted molar refractivity (Wildman–Crippen MR) is 94.4 cm³/mol. The van der Waals surface area contributed by atoms with Gasteiger partial charge in [0.1, 0.15) is 17.3 Å². The monoisotopic (exact) mass is 388 g/mol. The fraction of sp³-hybridized carbons (Fsp3) is 0.421. The Bertz CT molecular complexity index is 694. The molecule has 9 nitrogen and oxygen atoms in total. The molecule has 0 aromatic rings. The Morgan fingerprint density at radius 2 is 0.750 bits per heavy atom. The van der Waals surface area contributed by atoms with E-state index in [1.807, 2.05) is 0 Å². The van der Waals surface area contributed by atoms with Crippen molar-refractivity contribution in [2.75, 3.05) is 13.1 Å². The zero-order chi connectivity index (χ0) is 20.7. The Kier molecular flexibility index (Phi) is 7.25. The van der Waals surface area contributed by atoms with Crippen LogP contribution in [0.4, 0.5) is 0 Å². The van der Waals surface area contributed by atoms with Gasteiger partial charge in [0.2, 0.25) is 0 Å². The highest BCUT2D eigenvalue weighted by Crippen LogP contribution is 2.09. The Morgan fingerprint density at radius 1 is 0.500 bits per heavy atom. The van der Waals surface area contributed by atoms with Crippen molar-refractivity contribution in [2.24, 2.45) is 0 Å². The quantitative estimate of drug-likeness (QED) is 0.427. The number of carbonyl (C=O) groups excluding carboxylic acids is 7. The maximum Gasteiger partial charge on any atom is 0.253 e. The maximum absolute atomic E-state index is 11.8. The van der Waals surface area contributed by atoms with Crippen molar-refractivity contribution in [2.45, 2.75) is 38.5 Å². The molecule has 148 valence electrons. The minimum atomic E-state index is -0.458. The minimum absolute atomic E-state index is 0.0146. The van der Waals surface area contributed by atoms with Crippen molar-refractivity contribution in [3.05, 3.63) is 24.3 Å². The number of hydrogen-bond donors (Lipinski definition) is 0. The van der Waals surface area contributed by atoms with Gasteiger partial charge in [-0.25, -0.2) is 0 Å². The van der Waals surface area contributed by atoms with Gasteiger partial charge in [-0.1, -0.05) is 0 Å². The lowest BCUT2D eigenvalue weighted by atomic mass is 10.0. The van der Waals surface area contributed by atoms with Crippen LogP contribution in [-0.4, -0.2) is 63.9 Å². The van der Waals surface area contributed by atoms with Crippen LogP contribution in [0.15, 0.2) is 24.3 Å². The van der Waals surface area contributed by atoms with Gasteiger partial charge in [-0.3, -0.25) is 43.4 Å². The van der Waals surface area contributed by atoms with E-state index in [4.69, 9.17) is 0 Å². The van der Waals surface area contributed by atoms with E-state index in [1.54, 1.807) is 0 Å². The minimum Gasteiger partial charge on any atom is -0.300 e. The molecule has 0 bridgehead atoms. The molecule has 0 unspecified atom stereocenters. The first-order valence-electron chi connectivity index (χ1n) is 8.90. The van der Waals surface area contributed by atoms with E-state index in [2.05, 4.69) is 0 Å². The highest BCUT2D eigenvalue weighted by Gasteiger charge is 2.24. The molecular weight excluding hydrogens is 368 g/mol. The van der Waals surface area contributed by atoms with Crippen molar-refractivity contribution < 1.29 is 33.6 Å². The summed E-state index contributed by atoms with van der Waals surface area (Å²) in [5.41, 5.74) is 0. The van der Waals surface area contributed by atoms with Crippen molar-refractivity contribution in [1.29, 1.82) is 0 Å². The van der Waals surface area contributed by atoms with Gasteiger partial charge >= 0.3 is 0 Å². The van der Waals surface area contributed by atoms with E-state index >= 15 is 0 Å². The Morgan fingerprint density at radius 3 is 1.04 bits per heavy atom. The van der Waals surface area contributed by atoms with Crippen LogP contribution in [0.3, 0.4) is 0 Å². The van der Waals surface area contributed by atoms with Gasteiger partial charge in [0.05, 0.1) is 0 Å². The number of amides is 4. The maximum atomic E-state index is 11.8. The van der Waals surface area contributed by atoms with E-state index < -0.39 is 23.6 Å². The first-order valence-corrected chi connectivity index (χ1v) is 8.90. The standard InChI is InChI=1S/C19H20N2O7/c22-13(1-3-14(23)9-11-20-16(25)5-6-17(20)26)2-4-15(24)10-12-21-18(27)7-8-19(21)28/h5-8H,1-4,9-12H2. The molecule has 2 heterocycles. The molecule has 0 radical (unpaired) electrons. The molecule has 0 aromatic heterocycles. The van der Waals surface area contributed by atoms with Gasteiger partial charge in [0.25, 0.3) is 23.6 Å². The second kappa shape index (κ2) is 9.63. The SMILES string of the molecule is O=C(CCC(=O)CCN1C(=O)C=CC1=O)CCC(=O)CCN1C(=O)C=CC1=O. The zero-order valence-electron chi connectivity index (χ0n) is 15.2. The van der Waals surface area contributed by atoms with Gasteiger partial charge in [-0.2, -0.15) is 0 Å². The third-order valence-electron chi connectivity index (χ3n) is 4.39. The van der Waals surface area contributed by atoms with Crippen LogP contribution in [0, 0.1) is 0 Å². The van der Waals surface area contributed by atoms with Crippen LogP contribution in [0.5, 0.6) is 0 Å². The molecule has 0 aliphatic carbocycles. The van der Waals surface area contributed by atoms with E-state index in [1.165, 1.54) is 0 Å². The molecule has 28 heavy (non-hydrogen) atoms. The van der Waals surface area contributed by atoms with E-state index in [0.717, 1.165) is 34.1 Å². The normalized spacial score (nSPS) is 15.9. The molecule has 0 atom stereocenters. The summed E-state index contributed by atoms with van der Waals surface area (Å²) < 4.78 is 0. The Labute approximate surface area is 161 Å². The summed E-state index contributed by atoms with van der Waals surface area (Å²) in [6.45, 7) is -0.0298. The van der Waals surface area contributed by atoms with Crippen LogP contribution in [-0.2, 0) is 33.6 Å². The van der Waals surface area contributed by atoms with Crippen molar-refractivity contribution in [1.82, 2.24) is 9.80 Å². The third-order valence-corrected chi connectivity index (χ3v) is 4.39. The second-order valence-electron chi connectivity index (χ2n) is 6.44. The number of carbonyl (C=O) groups is 7. The van der Waals surface area contributed by atoms with Crippen LogP contribution in [0.25, 0.3) is 0 Å². The molecular formula is C19H20N2O7. The molecule has 9 heteroatoms. The number of Topliss-reactive ketones (excluding diaryl/α,β-unsaturated/α-hetero) is 3. The average Bonchev–Trinajstić information content (AvgIpc) is 3.15. The van der Waals surface area contributed by atoms with Crippen molar-refractivity contribution in [3.8, 4) is 0 Å². The van der Waals surface area contributed by atoms with Gasteiger partial charge in [0, 0.05) is 75.9 Å². The topological polar surface area (TPSA) is 126 Å². The average molecular weight is 388 g/mol. The highest BCUT2D eigenvalue weighted by atomic mass is 16.2. The summed E-state index contributed by atoms with van der Waals surface area (Å²) in [6.07, 6.45) is 4.46. The lowest BCUT2D eigenvalue weighted by Crippen LogP contribution is -2.32. The van der Waals surface area contributed by atoms with Crippen molar-refractivity contribution >= 4 is 41.0 Å². The molecule has 0 fully saturated rings. The molecule has 0 saturated heterocycles. The highest BCUT2D eigenvalue weighted by molar-refractivity contribution is 6.13. The van der Waals surface area contributed by atoms with Gasteiger partial charge < -0.3 is 0 Å². The second-order valence-corrected chi connectivity index (χ2v) is 6.44. The number of imide groups is 2. The van der Waals surface area contributed by atoms with Crippen LogP contribution in [0.1, 0.15) is 38.5 Å². The summed E-state index contributed by atoms with van der Waals surface area (Å²) in [4.78, 5) is 82.8. The number of rotatable bonds is 12. The van der Waals surface area contributed by atoms with E-state index in [9.17, 15) is 33.6 Å². The van der Waals surface area contributed by atoms with Gasteiger partial charge in [0.15, 0.2) is 0 Å². The molecule has 0 aromatic carbocycles. The zero-order valence-corrected chi connectivity index (χ0v) is 15.2. The summed E-state index contributed by atoms with van der Waals surface area (Å²) in [7, 11) is 0. The largest absolute Gasteiger partial charge is 0.300 e. The first-order chi connectivity index (χ1) is 13.3. The number of hydrogen-bond acceptors (Lipinski definition) is 7. The van der Waals surface area contributed by atoms with Crippen LogP contribution < -0.4 is 0 Å². The van der Waals surface area contributed by atoms with Gasteiger partial charge in [-0.05, 0) is 0 Å². The molecule has 4 amide bonds. The predicted octanol–water partition coefficient (Wildman–Crippen LogP) is -0.116. The number of nitrogens with zero attached hydrogens (tertiary/aromatic N) is 2. The smallest absolute Gasteiger partial charge is 0.253 e. The lowest BCUT2D eigenvalue weighted by molar-refractivity contribution is -0.139. The Balaban J connectivity index is 1.58. The van der Waals surface area contributed by atoms with E-state index in [0.29, 0.717) is 0 Å². The van der Waals surface area contributed by atoms with E-state index in [-0.39, 0.29) is 69.0 Å². The van der Waals surface area contributed by atoms with Crippen LogP contribution >= 0.6 is 0 Å². The molecule has 0 spiro atoms. The summed E-state index contributed by atoms with van der Waals surface area (Å²) in [6, 6.07) is 0. The molecule has 0 N–H and O–H groups in total. The Hall–Kier alpha value is -3.23. The summed E-state index contributed by atoms with van der Waals surface area (Å²) in [5, 5.41) is 0. The molecule has 2 aliphatic heterocycles. The van der Waals surface area contributed by atoms with Gasteiger partial charge in [-0.15, -0.1) is 0 Å². The summed E-state index contributed by atoms with van der Waals surface area (Å²) >= 11 is 0. The third kappa shape index (κ3) is 5.90. The fourth-order valence-electron chi connectivity index (χ4n) is 2.71. The van der Waals surface area contributed by atoms with Crippen molar-refractivity contribution in [3.63, 3.8) is 0 Å². The summed E-state index contributed by atoms with van der Waals surface area (Å²) in [5.74, 6) is -2.56. The molecule has 2 aliphatic rings. The lowest BCUT2D eigenvalue weighted by Gasteiger charge is -2.13.